The average molecular weight is 349 g/mol. The summed E-state index contributed by atoms with van der Waals surface area (Å²) in [6, 6.07) is 10.1. The van der Waals surface area contributed by atoms with E-state index in [1.165, 1.54) is 0 Å². The van der Waals surface area contributed by atoms with Gasteiger partial charge in [-0.3, -0.25) is 19.4 Å². The number of hydrogen-bond donors (Lipinski definition) is 0. The molecule has 2 aromatic rings. The molecule has 2 heterocycles. The average Bonchev–Trinajstić information content (AvgIpc) is 3.10. The van der Waals surface area contributed by atoms with Crippen LogP contribution in [0, 0.1) is 0 Å². The highest BCUT2D eigenvalue weighted by Gasteiger charge is 2.43. The highest BCUT2D eigenvalue weighted by atomic mass is 35.5. The van der Waals surface area contributed by atoms with E-state index < -0.39 is 17.8 Å². The summed E-state index contributed by atoms with van der Waals surface area (Å²) in [7, 11) is 0. The van der Waals surface area contributed by atoms with E-state index in [-0.39, 0.29) is 13.1 Å². The van der Waals surface area contributed by atoms with E-state index >= 15 is 0 Å². The molecule has 1 aromatic carbocycles. The summed E-state index contributed by atoms with van der Waals surface area (Å²) in [6.45, 7) is 0.245. The van der Waals surface area contributed by atoms with Crippen LogP contribution in [0.3, 0.4) is 0 Å². The van der Waals surface area contributed by atoms with Gasteiger partial charge in [0.05, 0.1) is 6.54 Å². The monoisotopic (exact) mass is 348 g/mol. The Hall–Kier alpha value is -2.18. The molecule has 23 heavy (non-hydrogen) atoms. The molecule has 0 atom stereocenters. The van der Waals surface area contributed by atoms with Crippen LogP contribution in [-0.4, -0.2) is 34.2 Å². The third kappa shape index (κ3) is 3.28. The van der Waals surface area contributed by atoms with Gasteiger partial charge in [-0.15, -0.1) is 11.3 Å². The van der Waals surface area contributed by atoms with Crippen LogP contribution in [0.2, 0.25) is 5.02 Å². The Morgan fingerprint density at radius 3 is 2.48 bits per heavy atom. The van der Waals surface area contributed by atoms with Crippen molar-refractivity contribution in [1.29, 1.82) is 0 Å². The number of nitrogens with zero attached hydrogens (tertiary/aromatic N) is 2. The molecular weight excluding hydrogens is 336 g/mol. The molecule has 0 saturated carbocycles. The number of thiophene rings is 1. The second kappa shape index (κ2) is 6.52. The third-order valence-electron chi connectivity index (χ3n) is 3.53. The van der Waals surface area contributed by atoms with Gasteiger partial charge in [-0.2, -0.15) is 0 Å². The van der Waals surface area contributed by atoms with Crippen LogP contribution in [-0.2, 0) is 22.6 Å². The van der Waals surface area contributed by atoms with Gasteiger partial charge in [0, 0.05) is 22.9 Å². The van der Waals surface area contributed by atoms with Gasteiger partial charge in [0.2, 0.25) is 0 Å². The fraction of sp³-hybridized carbons (Fsp3) is 0.188. The second-order valence-corrected chi connectivity index (χ2v) is 6.56. The van der Waals surface area contributed by atoms with Crippen molar-refractivity contribution in [3.8, 4) is 0 Å². The van der Waals surface area contributed by atoms with Crippen molar-refractivity contribution >= 4 is 40.8 Å². The van der Waals surface area contributed by atoms with Crippen LogP contribution in [0.5, 0.6) is 0 Å². The van der Waals surface area contributed by atoms with Gasteiger partial charge in [-0.1, -0.05) is 29.8 Å². The smallest absolute Gasteiger partial charge is 0.263 e. The first kappa shape index (κ1) is 15.7. The Morgan fingerprint density at radius 2 is 1.78 bits per heavy atom. The number of benzene rings is 1. The van der Waals surface area contributed by atoms with Gasteiger partial charge in [0.15, 0.2) is 0 Å². The first-order chi connectivity index (χ1) is 11.1. The van der Waals surface area contributed by atoms with E-state index in [9.17, 15) is 14.4 Å². The number of hydrogen-bond acceptors (Lipinski definition) is 4. The van der Waals surface area contributed by atoms with E-state index in [0.717, 1.165) is 14.7 Å². The molecule has 7 heteroatoms. The van der Waals surface area contributed by atoms with Crippen LogP contribution < -0.4 is 0 Å². The Morgan fingerprint density at radius 1 is 1.00 bits per heavy atom. The number of urea groups is 1. The summed E-state index contributed by atoms with van der Waals surface area (Å²) in [5.41, 5.74) is 0.701. The minimum atomic E-state index is -0.791. The Kier molecular flexibility index (Phi) is 4.45. The summed E-state index contributed by atoms with van der Waals surface area (Å²) in [4.78, 5) is 39.5. The molecule has 0 radical (unpaired) electrons. The highest BCUT2D eigenvalue weighted by molar-refractivity contribution is 7.09. The lowest BCUT2D eigenvalue weighted by molar-refractivity contribution is -0.143. The van der Waals surface area contributed by atoms with Crippen LogP contribution >= 0.6 is 22.9 Å². The minimum absolute atomic E-state index is 0.0411. The van der Waals surface area contributed by atoms with Crippen molar-refractivity contribution in [1.82, 2.24) is 9.80 Å². The molecule has 0 N–H and O–H groups in total. The van der Waals surface area contributed by atoms with Gasteiger partial charge in [0.25, 0.3) is 0 Å². The number of imide groups is 2. The number of rotatable bonds is 5. The lowest BCUT2D eigenvalue weighted by Crippen LogP contribution is -2.34. The van der Waals surface area contributed by atoms with Crippen molar-refractivity contribution in [2.45, 2.75) is 13.0 Å². The molecule has 0 unspecified atom stereocenters. The molecule has 118 valence electrons. The van der Waals surface area contributed by atoms with Crippen LogP contribution in [0.1, 0.15) is 10.4 Å². The molecule has 1 aliphatic heterocycles. The summed E-state index contributed by atoms with van der Waals surface area (Å²) in [5, 5.41) is 2.45. The second-order valence-electron chi connectivity index (χ2n) is 5.09. The van der Waals surface area contributed by atoms with Crippen molar-refractivity contribution in [2.24, 2.45) is 0 Å². The molecule has 5 nitrogen and oxygen atoms in total. The topological polar surface area (TPSA) is 57.7 Å². The molecule has 0 spiro atoms. The fourth-order valence-corrected chi connectivity index (χ4v) is 3.29. The predicted octanol–water partition coefficient (Wildman–Crippen LogP) is 2.94. The Balaban J connectivity index is 1.71. The zero-order valence-corrected chi connectivity index (χ0v) is 13.6. The van der Waals surface area contributed by atoms with Crippen LogP contribution in [0.25, 0.3) is 0 Å². The molecular formula is C16H13ClN2O3S. The number of halogens is 1. The maximum atomic E-state index is 12.4. The minimum Gasteiger partial charge on any atom is -0.263 e. The molecule has 1 saturated heterocycles. The zero-order chi connectivity index (χ0) is 16.4. The maximum Gasteiger partial charge on any atom is 0.334 e. The van der Waals surface area contributed by atoms with Crippen molar-refractivity contribution in [3.05, 3.63) is 57.2 Å². The molecule has 3 rings (SSSR count). The Labute approximate surface area is 142 Å². The van der Waals surface area contributed by atoms with E-state index in [1.807, 2.05) is 17.5 Å². The van der Waals surface area contributed by atoms with Gasteiger partial charge in [-0.05, 0) is 29.1 Å². The van der Waals surface area contributed by atoms with E-state index in [1.54, 1.807) is 35.6 Å². The zero-order valence-electron chi connectivity index (χ0n) is 12.1. The number of carbonyl (C=O) groups excluding carboxylic acids is 3. The first-order valence-electron chi connectivity index (χ1n) is 7.00. The van der Waals surface area contributed by atoms with E-state index in [0.29, 0.717) is 17.0 Å². The van der Waals surface area contributed by atoms with Gasteiger partial charge < -0.3 is 0 Å². The highest BCUT2D eigenvalue weighted by Crippen LogP contribution is 2.19. The Bertz CT molecular complexity index is 760. The fourth-order valence-electron chi connectivity index (χ4n) is 2.38. The number of carbonyl (C=O) groups is 3. The molecule has 0 aliphatic carbocycles. The predicted molar refractivity (Wildman–Crippen MR) is 87.1 cm³/mol. The van der Waals surface area contributed by atoms with Crippen molar-refractivity contribution in [2.75, 3.05) is 6.54 Å². The molecule has 1 aliphatic rings. The maximum absolute atomic E-state index is 12.4. The summed E-state index contributed by atoms with van der Waals surface area (Å²) in [6.07, 6.45) is 0.549. The summed E-state index contributed by atoms with van der Waals surface area (Å²) < 4.78 is 0. The molecule has 0 bridgehead atoms. The molecule has 1 aromatic heterocycles. The van der Waals surface area contributed by atoms with Crippen LogP contribution in [0.15, 0.2) is 41.8 Å². The normalized spacial score (nSPS) is 14.9. The summed E-state index contributed by atoms with van der Waals surface area (Å²) in [5.74, 6) is -1.56. The van der Waals surface area contributed by atoms with Crippen LogP contribution in [0.4, 0.5) is 4.79 Å². The quantitative estimate of drug-likeness (QED) is 0.616. The third-order valence-corrected chi connectivity index (χ3v) is 4.70. The first-order valence-corrected chi connectivity index (χ1v) is 8.26. The van der Waals surface area contributed by atoms with Gasteiger partial charge in [0.1, 0.15) is 0 Å². The summed E-state index contributed by atoms with van der Waals surface area (Å²) >= 11 is 7.45. The van der Waals surface area contributed by atoms with Crippen molar-refractivity contribution < 1.29 is 14.4 Å². The lowest BCUT2D eigenvalue weighted by Gasteiger charge is -2.15. The largest absolute Gasteiger partial charge is 0.334 e. The molecule has 4 amide bonds. The molecule has 1 fully saturated rings. The SMILES string of the molecule is O=C1C(=O)N(Cc2cccc(Cl)c2)C(=O)N1CCc1cccs1. The van der Waals surface area contributed by atoms with Crippen molar-refractivity contribution in [3.63, 3.8) is 0 Å². The number of amides is 4. The van der Waals surface area contributed by atoms with Gasteiger partial charge in [-0.25, -0.2) is 4.79 Å². The standard InChI is InChI=1S/C16H13ClN2O3S/c17-12-4-1-3-11(9-12)10-19-15(21)14(20)18(16(19)22)7-6-13-5-2-8-23-13/h1-5,8-9H,6-7,10H2. The van der Waals surface area contributed by atoms with Gasteiger partial charge >= 0.3 is 17.8 Å². The van der Waals surface area contributed by atoms with E-state index in [2.05, 4.69) is 0 Å². The van der Waals surface area contributed by atoms with E-state index in [4.69, 9.17) is 11.6 Å². The lowest BCUT2D eigenvalue weighted by atomic mass is 10.2.